The SMILES string of the molecule is Cc1ccc(CNC(=O)c2cc(F)cnc2Cl)s1. The number of rotatable bonds is 3. The third-order valence-electron chi connectivity index (χ3n) is 2.27. The Labute approximate surface area is 113 Å². The highest BCUT2D eigenvalue weighted by molar-refractivity contribution is 7.11. The number of aromatic nitrogens is 1. The van der Waals surface area contributed by atoms with Crippen molar-refractivity contribution < 1.29 is 9.18 Å². The number of aryl methyl sites for hydroxylation is 1. The number of amides is 1. The van der Waals surface area contributed by atoms with Crippen LogP contribution in [0.4, 0.5) is 4.39 Å². The van der Waals surface area contributed by atoms with Crippen molar-refractivity contribution in [2.75, 3.05) is 0 Å². The van der Waals surface area contributed by atoms with Crippen molar-refractivity contribution in [2.24, 2.45) is 0 Å². The second kappa shape index (κ2) is 5.46. The van der Waals surface area contributed by atoms with E-state index >= 15 is 0 Å². The molecule has 1 N–H and O–H groups in total. The molecule has 6 heteroatoms. The molecule has 0 aromatic carbocycles. The van der Waals surface area contributed by atoms with E-state index in [1.54, 1.807) is 11.3 Å². The highest BCUT2D eigenvalue weighted by Gasteiger charge is 2.12. The van der Waals surface area contributed by atoms with E-state index in [0.717, 1.165) is 17.1 Å². The number of hydrogen-bond donors (Lipinski definition) is 1. The molecule has 2 heterocycles. The van der Waals surface area contributed by atoms with Crippen LogP contribution in [0.2, 0.25) is 5.15 Å². The van der Waals surface area contributed by atoms with Gasteiger partial charge in [0, 0.05) is 9.75 Å². The monoisotopic (exact) mass is 284 g/mol. The smallest absolute Gasteiger partial charge is 0.254 e. The molecule has 94 valence electrons. The highest BCUT2D eigenvalue weighted by atomic mass is 35.5. The number of thiophene rings is 1. The molecular weight excluding hydrogens is 275 g/mol. The molecule has 0 radical (unpaired) electrons. The summed E-state index contributed by atoms with van der Waals surface area (Å²) in [4.78, 5) is 17.6. The van der Waals surface area contributed by atoms with Crippen LogP contribution in [0.5, 0.6) is 0 Å². The third-order valence-corrected chi connectivity index (χ3v) is 3.57. The molecule has 0 aliphatic rings. The normalized spacial score (nSPS) is 10.4. The number of pyridine rings is 1. The minimum atomic E-state index is -0.587. The average Bonchev–Trinajstić information content (AvgIpc) is 2.75. The van der Waals surface area contributed by atoms with Crippen LogP contribution in [0.3, 0.4) is 0 Å². The van der Waals surface area contributed by atoms with Crippen molar-refractivity contribution in [3.63, 3.8) is 0 Å². The molecule has 0 aliphatic heterocycles. The number of halogens is 2. The van der Waals surface area contributed by atoms with Gasteiger partial charge >= 0.3 is 0 Å². The summed E-state index contributed by atoms with van der Waals surface area (Å²) in [5, 5.41) is 2.67. The quantitative estimate of drug-likeness (QED) is 0.880. The van der Waals surface area contributed by atoms with Gasteiger partial charge < -0.3 is 5.32 Å². The largest absolute Gasteiger partial charge is 0.347 e. The standard InChI is InChI=1S/C12H10ClFN2OS/c1-7-2-3-9(18-7)6-16-12(17)10-4-8(14)5-15-11(10)13/h2-5H,6H2,1H3,(H,16,17). The second-order valence-electron chi connectivity index (χ2n) is 3.69. The van der Waals surface area contributed by atoms with E-state index in [0.29, 0.717) is 6.54 Å². The van der Waals surface area contributed by atoms with E-state index in [9.17, 15) is 9.18 Å². The molecule has 0 bridgehead atoms. The van der Waals surface area contributed by atoms with Gasteiger partial charge in [0.2, 0.25) is 0 Å². The molecule has 0 saturated heterocycles. The molecule has 0 fully saturated rings. The van der Waals surface area contributed by atoms with Crippen LogP contribution < -0.4 is 5.32 Å². The summed E-state index contributed by atoms with van der Waals surface area (Å²) in [6.07, 6.45) is 0.974. The van der Waals surface area contributed by atoms with Crippen LogP contribution in [0.1, 0.15) is 20.1 Å². The first-order chi connectivity index (χ1) is 8.56. The summed E-state index contributed by atoms with van der Waals surface area (Å²) in [5.41, 5.74) is 0.0462. The predicted octanol–water partition coefficient (Wildman–Crippen LogP) is 3.17. The molecule has 18 heavy (non-hydrogen) atoms. The molecule has 3 nitrogen and oxygen atoms in total. The first-order valence-electron chi connectivity index (χ1n) is 5.21. The average molecular weight is 285 g/mol. The lowest BCUT2D eigenvalue weighted by Gasteiger charge is -2.05. The molecule has 0 atom stereocenters. The minimum Gasteiger partial charge on any atom is -0.347 e. The Hall–Kier alpha value is -1.46. The lowest BCUT2D eigenvalue weighted by molar-refractivity contribution is 0.0950. The Morgan fingerprint density at radius 3 is 3.00 bits per heavy atom. The van der Waals surface area contributed by atoms with Gasteiger partial charge in [0.25, 0.3) is 5.91 Å². The van der Waals surface area contributed by atoms with Crippen molar-refractivity contribution >= 4 is 28.8 Å². The van der Waals surface area contributed by atoms with Gasteiger partial charge in [-0.2, -0.15) is 0 Å². The van der Waals surface area contributed by atoms with Gasteiger partial charge in [-0.1, -0.05) is 11.6 Å². The van der Waals surface area contributed by atoms with Crippen molar-refractivity contribution in [3.8, 4) is 0 Å². The Bertz CT molecular complexity index is 585. The minimum absolute atomic E-state index is 0.00346. The van der Waals surface area contributed by atoms with E-state index in [1.165, 1.54) is 4.88 Å². The topological polar surface area (TPSA) is 42.0 Å². The van der Waals surface area contributed by atoms with Crippen LogP contribution in [-0.4, -0.2) is 10.9 Å². The molecule has 0 spiro atoms. The van der Waals surface area contributed by atoms with E-state index in [1.807, 2.05) is 19.1 Å². The highest BCUT2D eigenvalue weighted by Crippen LogP contribution is 2.16. The van der Waals surface area contributed by atoms with Gasteiger partial charge in [0.15, 0.2) is 0 Å². The van der Waals surface area contributed by atoms with Gasteiger partial charge in [-0.15, -0.1) is 11.3 Å². The maximum atomic E-state index is 13.0. The summed E-state index contributed by atoms with van der Waals surface area (Å²) >= 11 is 7.34. The van der Waals surface area contributed by atoms with Crippen LogP contribution in [-0.2, 0) is 6.54 Å². The van der Waals surface area contributed by atoms with Crippen molar-refractivity contribution in [1.82, 2.24) is 10.3 Å². The first-order valence-corrected chi connectivity index (χ1v) is 6.40. The van der Waals surface area contributed by atoms with E-state index in [4.69, 9.17) is 11.6 Å². The fourth-order valence-corrected chi connectivity index (χ4v) is 2.44. The summed E-state index contributed by atoms with van der Waals surface area (Å²) < 4.78 is 13.0. The Balaban J connectivity index is 2.05. The second-order valence-corrected chi connectivity index (χ2v) is 5.42. The maximum absolute atomic E-state index is 13.0. The van der Waals surface area contributed by atoms with E-state index < -0.39 is 11.7 Å². The van der Waals surface area contributed by atoms with E-state index in [2.05, 4.69) is 10.3 Å². The number of nitrogens with zero attached hydrogens (tertiary/aromatic N) is 1. The molecule has 2 rings (SSSR count). The van der Waals surface area contributed by atoms with Gasteiger partial charge in [-0.05, 0) is 25.1 Å². The van der Waals surface area contributed by atoms with Gasteiger partial charge in [0.1, 0.15) is 11.0 Å². The van der Waals surface area contributed by atoms with Crippen LogP contribution in [0.15, 0.2) is 24.4 Å². The van der Waals surface area contributed by atoms with Crippen LogP contribution in [0.25, 0.3) is 0 Å². The maximum Gasteiger partial charge on any atom is 0.254 e. The number of nitrogens with one attached hydrogen (secondary N) is 1. The Kier molecular flexibility index (Phi) is 3.93. The summed E-state index contributed by atoms with van der Waals surface area (Å²) in [6.45, 7) is 2.38. The van der Waals surface area contributed by atoms with Gasteiger partial charge in [0.05, 0.1) is 18.3 Å². The Morgan fingerprint density at radius 1 is 1.56 bits per heavy atom. The molecule has 0 unspecified atom stereocenters. The van der Waals surface area contributed by atoms with Crippen molar-refractivity contribution in [1.29, 1.82) is 0 Å². The van der Waals surface area contributed by atoms with Gasteiger partial charge in [-0.25, -0.2) is 9.37 Å². The number of carbonyl (C=O) groups excluding carboxylic acids is 1. The molecule has 2 aromatic rings. The van der Waals surface area contributed by atoms with E-state index in [-0.39, 0.29) is 10.7 Å². The fourth-order valence-electron chi connectivity index (χ4n) is 1.42. The molecule has 0 saturated carbocycles. The number of carbonyl (C=O) groups is 1. The zero-order valence-electron chi connectivity index (χ0n) is 9.54. The molecular formula is C12H10ClFN2OS. The summed E-state index contributed by atoms with van der Waals surface area (Å²) in [6, 6.07) is 4.99. The van der Waals surface area contributed by atoms with Crippen LogP contribution in [0, 0.1) is 12.7 Å². The molecule has 2 aromatic heterocycles. The Morgan fingerprint density at radius 2 is 2.33 bits per heavy atom. The third kappa shape index (κ3) is 3.05. The predicted molar refractivity (Wildman–Crippen MR) is 69.4 cm³/mol. The summed E-state index contributed by atoms with van der Waals surface area (Å²) in [5.74, 6) is -1.02. The molecule has 1 amide bonds. The fraction of sp³-hybridized carbons (Fsp3) is 0.167. The zero-order chi connectivity index (χ0) is 13.1. The van der Waals surface area contributed by atoms with Crippen molar-refractivity contribution in [3.05, 3.63) is 50.7 Å². The first kappa shape index (κ1) is 13.0. The van der Waals surface area contributed by atoms with Crippen LogP contribution >= 0.6 is 22.9 Å². The molecule has 0 aliphatic carbocycles. The number of hydrogen-bond acceptors (Lipinski definition) is 3. The van der Waals surface area contributed by atoms with Gasteiger partial charge in [-0.3, -0.25) is 4.79 Å². The lowest BCUT2D eigenvalue weighted by atomic mass is 10.2. The van der Waals surface area contributed by atoms with Crippen molar-refractivity contribution in [2.45, 2.75) is 13.5 Å². The lowest BCUT2D eigenvalue weighted by Crippen LogP contribution is -2.23. The zero-order valence-corrected chi connectivity index (χ0v) is 11.1. The summed E-state index contributed by atoms with van der Waals surface area (Å²) in [7, 11) is 0.